The largest absolute Gasteiger partial charge is 0.496 e. The highest BCUT2D eigenvalue weighted by Gasteiger charge is 2.22. The summed E-state index contributed by atoms with van der Waals surface area (Å²) in [4.78, 5) is 21.5. The maximum atomic E-state index is 12.8. The molecule has 156 valence electrons. The summed E-state index contributed by atoms with van der Waals surface area (Å²) in [7, 11) is 1.61. The van der Waals surface area contributed by atoms with Gasteiger partial charge in [-0.3, -0.25) is 14.5 Å². The second-order valence-electron chi connectivity index (χ2n) is 7.44. The molecule has 0 saturated heterocycles. The number of hydrogen-bond acceptors (Lipinski definition) is 7. The summed E-state index contributed by atoms with van der Waals surface area (Å²) in [6.07, 6.45) is 5.03. The van der Waals surface area contributed by atoms with E-state index in [0.29, 0.717) is 28.1 Å². The molecule has 4 heterocycles. The molecule has 1 aromatic carbocycles. The number of benzene rings is 1. The van der Waals surface area contributed by atoms with Crippen LogP contribution in [0.1, 0.15) is 30.0 Å². The summed E-state index contributed by atoms with van der Waals surface area (Å²) in [6.45, 7) is 5.68. The van der Waals surface area contributed by atoms with Crippen molar-refractivity contribution in [3.05, 3.63) is 70.4 Å². The van der Waals surface area contributed by atoms with Crippen LogP contribution in [0.3, 0.4) is 0 Å². The third-order valence-corrected chi connectivity index (χ3v) is 5.62. The molecule has 1 atom stereocenters. The van der Waals surface area contributed by atoms with E-state index >= 15 is 0 Å². The van der Waals surface area contributed by atoms with Crippen LogP contribution in [-0.2, 0) is 0 Å². The first-order chi connectivity index (χ1) is 15.0. The molecule has 0 fully saturated rings. The van der Waals surface area contributed by atoms with Gasteiger partial charge >= 0.3 is 5.76 Å². The summed E-state index contributed by atoms with van der Waals surface area (Å²) < 4.78 is 18.2. The summed E-state index contributed by atoms with van der Waals surface area (Å²) in [5, 5.41) is 4.81. The number of aromatic nitrogens is 4. The monoisotopic (exact) mass is 416 g/mol. The van der Waals surface area contributed by atoms with E-state index in [1.54, 1.807) is 30.3 Å². The normalized spacial score (nSPS) is 12.5. The van der Waals surface area contributed by atoms with Crippen LogP contribution in [0.4, 0.5) is 0 Å². The van der Waals surface area contributed by atoms with Crippen LogP contribution in [0, 0.1) is 13.8 Å². The Morgan fingerprint density at radius 1 is 1.19 bits per heavy atom. The maximum Gasteiger partial charge on any atom is 0.420 e. The molecule has 4 aromatic heterocycles. The highest BCUT2D eigenvalue weighted by Crippen LogP contribution is 2.39. The second kappa shape index (κ2) is 7.09. The van der Waals surface area contributed by atoms with Gasteiger partial charge in [0.15, 0.2) is 5.58 Å². The first-order valence-corrected chi connectivity index (χ1v) is 9.84. The standard InChI is InChI=1S/C23H20N4O4/c1-12-21(14(3)31-26-12)17-8-18-16(9-19(17)29-4)22-20(11-25-18)30-23(28)27(22)13(2)15-6-5-7-24-10-15/h5-11,13H,1-4H3. The minimum absolute atomic E-state index is 0.277. The molecule has 31 heavy (non-hydrogen) atoms. The Bertz CT molecular complexity index is 1460. The van der Waals surface area contributed by atoms with Gasteiger partial charge in [0.05, 0.1) is 36.1 Å². The average Bonchev–Trinajstić information content (AvgIpc) is 3.30. The number of methoxy groups -OCH3 is 1. The fraction of sp³-hybridized carbons (Fsp3) is 0.217. The van der Waals surface area contributed by atoms with Crippen molar-refractivity contribution in [3.8, 4) is 16.9 Å². The zero-order chi connectivity index (χ0) is 21.7. The number of hydrogen-bond donors (Lipinski definition) is 0. The van der Waals surface area contributed by atoms with Crippen molar-refractivity contribution in [2.75, 3.05) is 7.11 Å². The third kappa shape index (κ3) is 2.91. The minimum atomic E-state index is -0.450. The summed E-state index contributed by atoms with van der Waals surface area (Å²) in [6, 6.07) is 7.31. The molecule has 0 bridgehead atoms. The lowest BCUT2D eigenvalue weighted by molar-refractivity contribution is 0.393. The number of oxazole rings is 1. The van der Waals surface area contributed by atoms with E-state index in [4.69, 9.17) is 13.7 Å². The molecule has 8 heteroatoms. The van der Waals surface area contributed by atoms with Crippen LogP contribution in [0.2, 0.25) is 0 Å². The molecular weight excluding hydrogens is 396 g/mol. The van der Waals surface area contributed by atoms with Crippen molar-refractivity contribution >= 4 is 22.0 Å². The smallest absolute Gasteiger partial charge is 0.420 e. The second-order valence-corrected chi connectivity index (χ2v) is 7.44. The number of ether oxygens (including phenoxy) is 1. The average molecular weight is 416 g/mol. The Kier molecular flexibility index (Phi) is 4.35. The molecule has 0 N–H and O–H groups in total. The molecular formula is C23H20N4O4. The molecule has 0 amide bonds. The first kappa shape index (κ1) is 19.0. The third-order valence-electron chi connectivity index (χ3n) is 5.62. The number of rotatable bonds is 4. The number of aryl methyl sites for hydroxylation is 2. The van der Waals surface area contributed by atoms with E-state index in [2.05, 4.69) is 15.1 Å². The molecule has 8 nitrogen and oxygen atoms in total. The summed E-state index contributed by atoms with van der Waals surface area (Å²) in [5.74, 6) is 0.876. The van der Waals surface area contributed by atoms with Crippen LogP contribution < -0.4 is 10.5 Å². The van der Waals surface area contributed by atoms with Crippen molar-refractivity contribution in [2.45, 2.75) is 26.8 Å². The van der Waals surface area contributed by atoms with Gasteiger partial charge < -0.3 is 13.7 Å². The van der Waals surface area contributed by atoms with Gasteiger partial charge in [-0.2, -0.15) is 0 Å². The molecule has 0 aliphatic carbocycles. The number of pyridine rings is 2. The van der Waals surface area contributed by atoms with Crippen LogP contribution in [0.5, 0.6) is 5.75 Å². The molecule has 0 aliphatic heterocycles. The van der Waals surface area contributed by atoms with E-state index in [1.165, 1.54) is 0 Å². The van der Waals surface area contributed by atoms with Crippen molar-refractivity contribution in [3.63, 3.8) is 0 Å². The Hall–Kier alpha value is -3.94. The zero-order valence-electron chi connectivity index (χ0n) is 17.5. The van der Waals surface area contributed by atoms with E-state index in [1.807, 2.05) is 45.0 Å². The highest BCUT2D eigenvalue weighted by atomic mass is 16.5. The zero-order valence-corrected chi connectivity index (χ0v) is 17.5. The van der Waals surface area contributed by atoms with Crippen LogP contribution in [0.25, 0.3) is 33.1 Å². The minimum Gasteiger partial charge on any atom is -0.496 e. The summed E-state index contributed by atoms with van der Waals surface area (Å²) in [5.41, 5.74) is 5.15. The van der Waals surface area contributed by atoms with Gasteiger partial charge in [-0.25, -0.2) is 4.79 Å². The molecule has 5 aromatic rings. The summed E-state index contributed by atoms with van der Waals surface area (Å²) >= 11 is 0. The lowest BCUT2D eigenvalue weighted by atomic mass is 10.0. The highest BCUT2D eigenvalue weighted by molar-refractivity contribution is 6.04. The number of nitrogens with zero attached hydrogens (tertiary/aromatic N) is 4. The van der Waals surface area contributed by atoms with E-state index in [-0.39, 0.29) is 6.04 Å². The van der Waals surface area contributed by atoms with Crippen LogP contribution in [-0.4, -0.2) is 26.8 Å². The fourth-order valence-corrected chi connectivity index (χ4v) is 4.10. The van der Waals surface area contributed by atoms with E-state index in [9.17, 15) is 4.79 Å². The molecule has 0 saturated carbocycles. The van der Waals surface area contributed by atoms with Crippen LogP contribution >= 0.6 is 0 Å². The molecule has 0 radical (unpaired) electrons. The van der Waals surface area contributed by atoms with Gasteiger partial charge in [0, 0.05) is 23.3 Å². The topological polar surface area (TPSA) is 96.2 Å². The maximum absolute atomic E-state index is 12.8. The van der Waals surface area contributed by atoms with Crippen molar-refractivity contribution < 1.29 is 13.7 Å². The Morgan fingerprint density at radius 2 is 2.03 bits per heavy atom. The van der Waals surface area contributed by atoms with Gasteiger partial charge in [0.25, 0.3) is 0 Å². The van der Waals surface area contributed by atoms with Gasteiger partial charge in [0.1, 0.15) is 17.0 Å². The molecule has 1 unspecified atom stereocenters. The van der Waals surface area contributed by atoms with E-state index < -0.39 is 5.76 Å². The fourth-order valence-electron chi connectivity index (χ4n) is 4.10. The van der Waals surface area contributed by atoms with Crippen LogP contribution in [0.15, 0.2) is 56.6 Å². The molecule has 0 spiro atoms. The van der Waals surface area contributed by atoms with Crippen molar-refractivity contribution in [1.82, 2.24) is 19.7 Å². The van der Waals surface area contributed by atoms with Crippen molar-refractivity contribution in [2.24, 2.45) is 0 Å². The van der Waals surface area contributed by atoms with Gasteiger partial charge in [0.2, 0.25) is 0 Å². The van der Waals surface area contributed by atoms with E-state index in [0.717, 1.165) is 27.8 Å². The Balaban J connectivity index is 1.82. The Morgan fingerprint density at radius 3 is 2.71 bits per heavy atom. The lowest BCUT2D eigenvalue weighted by Gasteiger charge is -2.15. The van der Waals surface area contributed by atoms with Gasteiger partial charge in [-0.05, 0) is 44.5 Å². The van der Waals surface area contributed by atoms with Crippen molar-refractivity contribution in [1.29, 1.82) is 0 Å². The van der Waals surface area contributed by atoms with Gasteiger partial charge in [-0.1, -0.05) is 11.2 Å². The molecule has 5 rings (SSSR count). The predicted octanol–water partition coefficient (Wildman–Crippen LogP) is 4.43. The quantitative estimate of drug-likeness (QED) is 0.428. The number of fused-ring (bicyclic) bond motifs is 3. The first-order valence-electron chi connectivity index (χ1n) is 9.84. The van der Waals surface area contributed by atoms with Gasteiger partial charge in [-0.15, -0.1) is 0 Å². The lowest BCUT2D eigenvalue weighted by Crippen LogP contribution is -2.19. The SMILES string of the molecule is COc1cc2c(cc1-c1c(C)noc1C)ncc1oc(=O)n(C(C)c3cccnc3)c12. The Labute approximate surface area is 177 Å². The predicted molar refractivity (Wildman–Crippen MR) is 115 cm³/mol. The molecule has 0 aliphatic rings.